The zero-order chi connectivity index (χ0) is 17.2. The molecule has 0 fully saturated rings. The van der Waals surface area contributed by atoms with Gasteiger partial charge in [0.05, 0.1) is 4.90 Å². The average Bonchev–Trinajstić information content (AvgIpc) is 3.01. The summed E-state index contributed by atoms with van der Waals surface area (Å²) in [4.78, 5) is 4.45. The van der Waals surface area contributed by atoms with Crippen molar-refractivity contribution in [2.75, 3.05) is 11.9 Å². The Labute approximate surface area is 141 Å². The van der Waals surface area contributed by atoms with E-state index in [-0.39, 0.29) is 21.7 Å². The minimum Gasteiger partial charge on any atom is -0.419 e. The van der Waals surface area contributed by atoms with E-state index in [1.807, 2.05) is 38.1 Å². The summed E-state index contributed by atoms with van der Waals surface area (Å²) in [7, 11) is -3.75. The Kier molecular flexibility index (Phi) is 4.40. The quantitative estimate of drug-likeness (QED) is 0.761. The van der Waals surface area contributed by atoms with Crippen molar-refractivity contribution < 1.29 is 12.8 Å². The summed E-state index contributed by atoms with van der Waals surface area (Å²) < 4.78 is 31.4. The van der Waals surface area contributed by atoms with Crippen LogP contribution in [0.15, 0.2) is 68.9 Å². The minimum absolute atomic E-state index is 0.0916. The van der Waals surface area contributed by atoms with E-state index < -0.39 is 9.84 Å². The van der Waals surface area contributed by atoms with Crippen LogP contribution >= 0.6 is 0 Å². The first kappa shape index (κ1) is 16.3. The number of anilines is 1. The summed E-state index contributed by atoms with van der Waals surface area (Å²) in [6.45, 7) is 4.38. The summed E-state index contributed by atoms with van der Waals surface area (Å²) in [5.74, 6) is 0.442. The van der Waals surface area contributed by atoms with Crippen LogP contribution in [0.5, 0.6) is 0 Å². The summed E-state index contributed by atoms with van der Waals surface area (Å²) in [6.07, 6.45) is 0. The van der Waals surface area contributed by atoms with E-state index in [0.29, 0.717) is 6.54 Å². The van der Waals surface area contributed by atoms with Crippen LogP contribution in [0, 0.1) is 6.92 Å². The van der Waals surface area contributed by atoms with Crippen LogP contribution in [-0.4, -0.2) is 19.9 Å². The molecule has 24 heavy (non-hydrogen) atoms. The van der Waals surface area contributed by atoms with Gasteiger partial charge in [-0.15, -0.1) is 0 Å². The molecule has 0 aliphatic rings. The van der Waals surface area contributed by atoms with E-state index in [1.165, 1.54) is 0 Å². The molecule has 0 aliphatic carbocycles. The normalized spacial score (nSPS) is 11.4. The monoisotopic (exact) mass is 342 g/mol. The fourth-order valence-electron chi connectivity index (χ4n) is 2.29. The Bertz CT molecular complexity index is 930. The first-order valence-corrected chi connectivity index (χ1v) is 9.12. The van der Waals surface area contributed by atoms with Gasteiger partial charge in [-0.05, 0) is 38.1 Å². The average molecular weight is 342 g/mol. The first-order chi connectivity index (χ1) is 11.5. The van der Waals surface area contributed by atoms with E-state index in [1.54, 1.807) is 30.3 Å². The largest absolute Gasteiger partial charge is 0.419 e. The van der Waals surface area contributed by atoms with Gasteiger partial charge >= 0.3 is 0 Å². The molecule has 0 amide bonds. The maximum atomic E-state index is 12.9. The maximum Gasteiger partial charge on any atom is 0.233 e. The molecular weight excluding hydrogens is 324 g/mol. The lowest BCUT2D eigenvalue weighted by Crippen LogP contribution is -2.06. The standard InChI is InChI=1S/C18H18N2O3S/c1-3-19-17-18(24(21,22)15-7-5-4-6-8-15)20-16(23-17)14-11-9-13(2)10-12-14/h4-12,19H,3H2,1-2H3. The Balaban J connectivity index is 2.12. The smallest absolute Gasteiger partial charge is 0.233 e. The maximum absolute atomic E-state index is 12.9. The molecule has 2 aromatic carbocycles. The first-order valence-electron chi connectivity index (χ1n) is 7.64. The highest BCUT2D eigenvalue weighted by Gasteiger charge is 2.28. The van der Waals surface area contributed by atoms with Gasteiger partial charge in [0.2, 0.25) is 26.6 Å². The van der Waals surface area contributed by atoms with Gasteiger partial charge in [0, 0.05) is 12.1 Å². The number of aryl methyl sites for hydroxylation is 1. The molecule has 6 heteroatoms. The molecule has 1 N–H and O–H groups in total. The van der Waals surface area contributed by atoms with Gasteiger partial charge in [-0.2, -0.15) is 4.98 Å². The van der Waals surface area contributed by atoms with E-state index in [4.69, 9.17) is 4.42 Å². The molecule has 124 valence electrons. The topological polar surface area (TPSA) is 72.2 Å². The number of benzene rings is 2. The van der Waals surface area contributed by atoms with Gasteiger partial charge in [-0.3, -0.25) is 0 Å². The number of sulfone groups is 1. The van der Waals surface area contributed by atoms with Gasteiger partial charge in [0.25, 0.3) is 0 Å². The summed E-state index contributed by atoms with van der Waals surface area (Å²) in [6, 6.07) is 15.8. The molecule has 1 heterocycles. The molecule has 0 spiro atoms. The molecule has 0 saturated heterocycles. The zero-order valence-corrected chi connectivity index (χ0v) is 14.3. The van der Waals surface area contributed by atoms with Gasteiger partial charge in [-0.1, -0.05) is 35.9 Å². The molecule has 0 atom stereocenters. The highest BCUT2D eigenvalue weighted by Crippen LogP contribution is 2.32. The lowest BCUT2D eigenvalue weighted by atomic mass is 10.1. The second-order valence-electron chi connectivity index (χ2n) is 5.37. The SMILES string of the molecule is CCNc1oc(-c2ccc(C)cc2)nc1S(=O)(=O)c1ccccc1. The van der Waals surface area contributed by atoms with E-state index >= 15 is 0 Å². The molecular formula is C18H18N2O3S. The van der Waals surface area contributed by atoms with E-state index in [0.717, 1.165) is 11.1 Å². The van der Waals surface area contributed by atoms with Crippen molar-refractivity contribution in [1.82, 2.24) is 4.98 Å². The third-order valence-electron chi connectivity index (χ3n) is 3.54. The number of nitrogens with zero attached hydrogens (tertiary/aromatic N) is 1. The van der Waals surface area contributed by atoms with Crippen LogP contribution in [0.3, 0.4) is 0 Å². The number of aromatic nitrogens is 1. The van der Waals surface area contributed by atoms with Crippen molar-refractivity contribution in [3.05, 3.63) is 60.2 Å². The van der Waals surface area contributed by atoms with Crippen molar-refractivity contribution in [3.8, 4) is 11.5 Å². The van der Waals surface area contributed by atoms with Crippen molar-refractivity contribution in [3.63, 3.8) is 0 Å². The van der Waals surface area contributed by atoms with Crippen LogP contribution < -0.4 is 5.32 Å². The van der Waals surface area contributed by atoms with E-state index in [2.05, 4.69) is 10.3 Å². The highest BCUT2D eigenvalue weighted by molar-refractivity contribution is 7.91. The van der Waals surface area contributed by atoms with Gasteiger partial charge < -0.3 is 9.73 Å². The minimum atomic E-state index is -3.75. The summed E-state index contributed by atoms with van der Waals surface area (Å²) >= 11 is 0. The molecule has 3 rings (SSSR count). The van der Waals surface area contributed by atoms with Crippen LogP contribution in [0.25, 0.3) is 11.5 Å². The fourth-order valence-corrected chi connectivity index (χ4v) is 3.59. The van der Waals surface area contributed by atoms with E-state index in [9.17, 15) is 8.42 Å². The Morgan fingerprint density at radius 1 is 1.04 bits per heavy atom. The lowest BCUT2D eigenvalue weighted by Gasteiger charge is -2.03. The Morgan fingerprint density at radius 3 is 2.33 bits per heavy atom. The number of oxazole rings is 1. The number of hydrogen-bond donors (Lipinski definition) is 1. The molecule has 3 aromatic rings. The summed E-state index contributed by atoms with van der Waals surface area (Å²) in [5.41, 5.74) is 1.84. The molecule has 0 saturated carbocycles. The van der Waals surface area contributed by atoms with Crippen LogP contribution in [0.4, 0.5) is 5.88 Å². The molecule has 0 aliphatic heterocycles. The summed E-state index contributed by atoms with van der Waals surface area (Å²) in [5, 5.41) is 2.85. The van der Waals surface area contributed by atoms with Crippen LogP contribution in [0.2, 0.25) is 0 Å². The number of rotatable bonds is 5. The van der Waals surface area contributed by atoms with Crippen LogP contribution in [0.1, 0.15) is 12.5 Å². The number of nitrogens with one attached hydrogen (secondary N) is 1. The zero-order valence-electron chi connectivity index (χ0n) is 13.5. The Morgan fingerprint density at radius 2 is 1.71 bits per heavy atom. The molecule has 0 radical (unpaired) electrons. The third kappa shape index (κ3) is 3.05. The van der Waals surface area contributed by atoms with Crippen LogP contribution in [-0.2, 0) is 9.84 Å². The lowest BCUT2D eigenvalue weighted by molar-refractivity contribution is 0.578. The van der Waals surface area contributed by atoms with Crippen molar-refractivity contribution in [1.29, 1.82) is 0 Å². The fraction of sp³-hybridized carbons (Fsp3) is 0.167. The second-order valence-corrected chi connectivity index (χ2v) is 7.23. The predicted molar refractivity (Wildman–Crippen MR) is 92.7 cm³/mol. The second kappa shape index (κ2) is 6.49. The van der Waals surface area contributed by atoms with Gasteiger partial charge in [0.1, 0.15) is 0 Å². The molecule has 1 aromatic heterocycles. The van der Waals surface area contributed by atoms with Crippen molar-refractivity contribution >= 4 is 15.7 Å². The number of hydrogen-bond acceptors (Lipinski definition) is 5. The van der Waals surface area contributed by atoms with Gasteiger partial charge in [-0.25, -0.2) is 8.42 Å². The molecule has 0 unspecified atom stereocenters. The van der Waals surface area contributed by atoms with Gasteiger partial charge in [0.15, 0.2) is 0 Å². The highest BCUT2D eigenvalue weighted by atomic mass is 32.2. The molecule has 5 nitrogen and oxygen atoms in total. The van der Waals surface area contributed by atoms with Crippen molar-refractivity contribution in [2.24, 2.45) is 0 Å². The predicted octanol–water partition coefficient (Wildman–Crippen LogP) is 3.91. The molecule has 0 bridgehead atoms. The van der Waals surface area contributed by atoms with Crippen molar-refractivity contribution in [2.45, 2.75) is 23.8 Å². The Hall–Kier alpha value is -2.60. The third-order valence-corrected chi connectivity index (χ3v) is 5.22.